The summed E-state index contributed by atoms with van der Waals surface area (Å²) in [6.07, 6.45) is 0. The lowest BCUT2D eigenvalue weighted by molar-refractivity contribution is -0.120. The van der Waals surface area contributed by atoms with Crippen LogP contribution in [0, 0.1) is 0 Å². The van der Waals surface area contributed by atoms with Crippen molar-refractivity contribution in [2.24, 2.45) is 0 Å². The highest BCUT2D eigenvalue weighted by Crippen LogP contribution is 2.37. The van der Waals surface area contributed by atoms with E-state index in [1.807, 2.05) is 0 Å². The SMILES string of the molecule is CN1c2cccc(C(=O)O)c2NC(=O)C1(C)C. The molecule has 2 rings (SSSR count). The molecular weight excluding hydrogens is 220 g/mol. The third kappa shape index (κ3) is 1.54. The van der Waals surface area contributed by atoms with Crippen molar-refractivity contribution in [3.05, 3.63) is 23.8 Å². The van der Waals surface area contributed by atoms with Gasteiger partial charge in [0.1, 0.15) is 5.54 Å². The Kier molecular flexibility index (Phi) is 2.34. The van der Waals surface area contributed by atoms with Gasteiger partial charge in [-0.2, -0.15) is 0 Å². The van der Waals surface area contributed by atoms with Gasteiger partial charge in [0.05, 0.1) is 16.9 Å². The zero-order valence-electron chi connectivity index (χ0n) is 9.94. The smallest absolute Gasteiger partial charge is 0.337 e. The Morgan fingerprint density at radius 3 is 2.65 bits per heavy atom. The molecule has 0 radical (unpaired) electrons. The minimum atomic E-state index is -1.05. The zero-order valence-corrected chi connectivity index (χ0v) is 9.94. The molecule has 1 aromatic rings. The Balaban J connectivity index is 2.64. The highest BCUT2D eigenvalue weighted by atomic mass is 16.4. The first-order valence-electron chi connectivity index (χ1n) is 5.27. The zero-order chi connectivity index (χ0) is 12.8. The molecule has 1 aromatic carbocycles. The quantitative estimate of drug-likeness (QED) is 0.773. The van der Waals surface area contributed by atoms with Crippen LogP contribution in [0.4, 0.5) is 11.4 Å². The van der Waals surface area contributed by atoms with Crippen molar-refractivity contribution < 1.29 is 14.7 Å². The third-order valence-corrected chi connectivity index (χ3v) is 3.27. The minimum Gasteiger partial charge on any atom is -0.478 e. The van der Waals surface area contributed by atoms with Crippen LogP contribution in [0.15, 0.2) is 18.2 Å². The molecule has 5 nitrogen and oxygen atoms in total. The summed E-state index contributed by atoms with van der Waals surface area (Å²) in [5.41, 5.74) is 0.504. The second-order valence-electron chi connectivity index (χ2n) is 4.58. The number of hydrogen-bond donors (Lipinski definition) is 2. The van der Waals surface area contributed by atoms with Crippen molar-refractivity contribution in [1.29, 1.82) is 0 Å². The number of aromatic carboxylic acids is 1. The number of para-hydroxylation sites is 1. The number of carbonyl (C=O) groups is 2. The van der Waals surface area contributed by atoms with E-state index >= 15 is 0 Å². The molecule has 0 saturated carbocycles. The summed E-state index contributed by atoms with van der Waals surface area (Å²) in [4.78, 5) is 24.8. The van der Waals surface area contributed by atoms with Crippen molar-refractivity contribution in [3.63, 3.8) is 0 Å². The van der Waals surface area contributed by atoms with Crippen LogP contribution < -0.4 is 10.2 Å². The Labute approximate surface area is 99.0 Å². The Morgan fingerprint density at radius 2 is 2.06 bits per heavy atom. The summed E-state index contributed by atoms with van der Waals surface area (Å²) < 4.78 is 0. The molecule has 17 heavy (non-hydrogen) atoms. The van der Waals surface area contributed by atoms with Gasteiger partial charge in [-0.15, -0.1) is 0 Å². The van der Waals surface area contributed by atoms with Crippen LogP contribution >= 0.6 is 0 Å². The number of hydrogen-bond acceptors (Lipinski definition) is 3. The van der Waals surface area contributed by atoms with Crippen LogP contribution in [0.5, 0.6) is 0 Å². The maximum Gasteiger partial charge on any atom is 0.337 e. The van der Waals surface area contributed by atoms with Gasteiger partial charge in [-0.25, -0.2) is 4.79 Å². The van der Waals surface area contributed by atoms with E-state index in [1.165, 1.54) is 6.07 Å². The van der Waals surface area contributed by atoms with Crippen molar-refractivity contribution in [1.82, 2.24) is 0 Å². The van der Waals surface area contributed by atoms with Crippen LogP contribution in [0.25, 0.3) is 0 Å². The lowest BCUT2D eigenvalue weighted by atomic mass is 9.96. The average molecular weight is 234 g/mol. The largest absolute Gasteiger partial charge is 0.478 e. The summed E-state index contributed by atoms with van der Waals surface area (Å²) in [6.45, 7) is 3.58. The van der Waals surface area contributed by atoms with E-state index in [9.17, 15) is 9.59 Å². The molecule has 0 aromatic heterocycles. The molecule has 0 saturated heterocycles. The molecule has 1 amide bonds. The molecule has 0 spiro atoms. The number of amides is 1. The fraction of sp³-hybridized carbons (Fsp3) is 0.333. The molecule has 1 heterocycles. The number of carboxylic acid groups (broad SMARTS) is 1. The van der Waals surface area contributed by atoms with Crippen molar-refractivity contribution in [2.75, 3.05) is 17.3 Å². The first-order valence-corrected chi connectivity index (χ1v) is 5.27. The van der Waals surface area contributed by atoms with Gasteiger partial charge in [-0.05, 0) is 26.0 Å². The lowest BCUT2D eigenvalue weighted by Gasteiger charge is -2.41. The number of nitrogens with one attached hydrogen (secondary N) is 1. The first-order chi connectivity index (χ1) is 7.85. The second kappa shape index (κ2) is 3.48. The Morgan fingerprint density at radius 1 is 1.41 bits per heavy atom. The number of likely N-dealkylation sites (N-methyl/N-ethyl adjacent to an activating group) is 1. The second-order valence-corrected chi connectivity index (χ2v) is 4.58. The fourth-order valence-corrected chi connectivity index (χ4v) is 1.85. The summed E-state index contributed by atoms with van der Waals surface area (Å²) in [5.74, 6) is -1.25. The summed E-state index contributed by atoms with van der Waals surface area (Å²) in [7, 11) is 1.78. The molecular formula is C12H14N2O3. The molecule has 1 aliphatic heterocycles. The Hall–Kier alpha value is -2.04. The maximum absolute atomic E-state index is 11.9. The monoisotopic (exact) mass is 234 g/mol. The number of carbonyl (C=O) groups excluding carboxylic acids is 1. The summed E-state index contributed by atoms with van der Waals surface area (Å²) in [6, 6.07) is 4.95. The molecule has 2 N–H and O–H groups in total. The Bertz CT molecular complexity index is 508. The fourth-order valence-electron chi connectivity index (χ4n) is 1.85. The number of carboxylic acids is 1. The van der Waals surface area contributed by atoms with Crippen LogP contribution in [-0.2, 0) is 4.79 Å². The highest BCUT2D eigenvalue weighted by Gasteiger charge is 2.39. The van der Waals surface area contributed by atoms with E-state index < -0.39 is 11.5 Å². The number of nitrogens with zero attached hydrogens (tertiary/aromatic N) is 1. The predicted octanol–water partition coefficient (Wildman–Crippen LogP) is 1.55. The number of fused-ring (bicyclic) bond motifs is 1. The van der Waals surface area contributed by atoms with E-state index in [1.54, 1.807) is 37.9 Å². The van der Waals surface area contributed by atoms with E-state index in [0.717, 1.165) is 5.69 Å². The van der Waals surface area contributed by atoms with Crippen LogP contribution in [-0.4, -0.2) is 29.6 Å². The highest BCUT2D eigenvalue weighted by molar-refractivity contribution is 6.11. The van der Waals surface area contributed by atoms with Gasteiger partial charge in [0.15, 0.2) is 0 Å². The molecule has 0 aliphatic carbocycles. The predicted molar refractivity (Wildman–Crippen MR) is 64.5 cm³/mol. The molecule has 1 aliphatic rings. The van der Waals surface area contributed by atoms with E-state index in [-0.39, 0.29) is 11.5 Å². The summed E-state index contributed by atoms with van der Waals surface area (Å²) >= 11 is 0. The standard InChI is InChI=1S/C12H14N2O3/c1-12(2)11(17)13-9-7(10(15)16)5-4-6-8(9)14(12)3/h4-6H,1-3H3,(H,13,17)(H,15,16). The van der Waals surface area contributed by atoms with Crippen molar-refractivity contribution in [2.45, 2.75) is 19.4 Å². The van der Waals surface area contributed by atoms with Crippen molar-refractivity contribution >= 4 is 23.3 Å². The average Bonchev–Trinajstić information content (AvgIpc) is 2.26. The molecule has 90 valence electrons. The van der Waals surface area contributed by atoms with Gasteiger partial charge in [-0.1, -0.05) is 6.07 Å². The van der Waals surface area contributed by atoms with Gasteiger partial charge < -0.3 is 15.3 Å². The van der Waals surface area contributed by atoms with Crippen LogP contribution in [0.3, 0.4) is 0 Å². The van der Waals surface area contributed by atoms with Crippen LogP contribution in [0.2, 0.25) is 0 Å². The molecule has 0 atom stereocenters. The van der Waals surface area contributed by atoms with Gasteiger partial charge >= 0.3 is 5.97 Å². The number of anilines is 2. The molecule has 0 bridgehead atoms. The normalized spacial score (nSPS) is 17.4. The minimum absolute atomic E-state index is 0.109. The molecule has 0 fully saturated rings. The van der Waals surface area contributed by atoms with E-state index in [4.69, 9.17) is 5.11 Å². The topological polar surface area (TPSA) is 69.6 Å². The lowest BCUT2D eigenvalue weighted by Crippen LogP contribution is -2.54. The van der Waals surface area contributed by atoms with Crippen LogP contribution in [0.1, 0.15) is 24.2 Å². The first kappa shape index (κ1) is 11.4. The van der Waals surface area contributed by atoms with E-state index in [0.29, 0.717) is 5.69 Å². The van der Waals surface area contributed by atoms with Gasteiger partial charge in [0.25, 0.3) is 0 Å². The van der Waals surface area contributed by atoms with Gasteiger partial charge in [0, 0.05) is 7.05 Å². The maximum atomic E-state index is 11.9. The van der Waals surface area contributed by atoms with Crippen molar-refractivity contribution in [3.8, 4) is 0 Å². The number of rotatable bonds is 1. The van der Waals surface area contributed by atoms with Gasteiger partial charge in [-0.3, -0.25) is 4.79 Å². The molecule has 5 heteroatoms. The summed E-state index contributed by atoms with van der Waals surface area (Å²) in [5, 5.41) is 11.7. The van der Waals surface area contributed by atoms with E-state index in [2.05, 4.69) is 5.32 Å². The third-order valence-electron chi connectivity index (χ3n) is 3.27. The van der Waals surface area contributed by atoms with Gasteiger partial charge in [0.2, 0.25) is 5.91 Å². The molecule has 0 unspecified atom stereocenters. The number of benzene rings is 1.